The predicted octanol–water partition coefficient (Wildman–Crippen LogP) is 4.44. The Hall–Kier alpha value is -2.85. The molecule has 1 unspecified atom stereocenters. The number of rotatable bonds is 5. The molecule has 3 rings (SSSR count). The molecule has 0 fully saturated rings. The number of fused-ring (bicyclic) bond motifs is 1. The van der Waals surface area contributed by atoms with Crippen molar-refractivity contribution < 1.29 is 4.79 Å². The third-order valence-electron chi connectivity index (χ3n) is 3.78. The van der Waals surface area contributed by atoms with Crippen LogP contribution in [0.2, 0.25) is 5.02 Å². The average Bonchev–Trinajstić information content (AvgIpc) is 2.63. The Morgan fingerprint density at radius 1 is 1.04 bits per heavy atom. The Morgan fingerprint density at radius 3 is 2.52 bits per heavy atom. The summed E-state index contributed by atoms with van der Waals surface area (Å²) in [5.41, 5.74) is 4.31. The van der Waals surface area contributed by atoms with E-state index in [2.05, 4.69) is 21.9 Å². The van der Waals surface area contributed by atoms with Gasteiger partial charge >= 0.3 is 0 Å². The van der Waals surface area contributed by atoms with E-state index in [-0.39, 0.29) is 5.91 Å². The molecule has 0 saturated heterocycles. The van der Waals surface area contributed by atoms with Gasteiger partial charge in [-0.2, -0.15) is 5.10 Å². The van der Waals surface area contributed by atoms with Crippen LogP contribution in [0, 0.1) is 0 Å². The lowest BCUT2D eigenvalue weighted by Gasteiger charge is -2.13. The van der Waals surface area contributed by atoms with E-state index in [0.717, 1.165) is 16.6 Å². The van der Waals surface area contributed by atoms with Crippen LogP contribution < -0.4 is 10.7 Å². The number of hydrogen-bond donors (Lipinski definition) is 2. The molecule has 25 heavy (non-hydrogen) atoms. The molecule has 5 heteroatoms. The van der Waals surface area contributed by atoms with Crippen molar-refractivity contribution in [2.24, 2.45) is 5.10 Å². The van der Waals surface area contributed by atoms with Crippen molar-refractivity contribution in [2.45, 2.75) is 13.0 Å². The van der Waals surface area contributed by atoms with Gasteiger partial charge in [0.1, 0.15) is 6.04 Å². The number of nitrogens with one attached hydrogen (secondary N) is 2. The van der Waals surface area contributed by atoms with Gasteiger partial charge in [0.05, 0.1) is 6.21 Å². The van der Waals surface area contributed by atoms with Gasteiger partial charge in [0.2, 0.25) is 0 Å². The molecule has 1 amide bonds. The topological polar surface area (TPSA) is 53.5 Å². The molecule has 126 valence electrons. The minimum atomic E-state index is -0.421. The first-order chi connectivity index (χ1) is 12.1. The SMILES string of the molecule is CC(Nc1ccc(Cl)cc1)C(=O)NN=Cc1ccc2ccccc2c1. The first-order valence-electron chi connectivity index (χ1n) is 7.96. The van der Waals surface area contributed by atoms with Crippen LogP contribution in [0.3, 0.4) is 0 Å². The number of hydrogen-bond acceptors (Lipinski definition) is 3. The second-order valence-corrected chi connectivity index (χ2v) is 6.15. The van der Waals surface area contributed by atoms with Crippen LogP contribution in [-0.2, 0) is 4.79 Å². The average molecular weight is 352 g/mol. The quantitative estimate of drug-likeness (QED) is 0.527. The van der Waals surface area contributed by atoms with Crippen LogP contribution in [-0.4, -0.2) is 18.2 Å². The van der Waals surface area contributed by atoms with E-state index < -0.39 is 6.04 Å². The molecule has 2 N–H and O–H groups in total. The molecule has 0 aliphatic carbocycles. The number of hydrazone groups is 1. The highest BCUT2D eigenvalue weighted by Crippen LogP contribution is 2.15. The molecule has 4 nitrogen and oxygen atoms in total. The lowest BCUT2D eigenvalue weighted by atomic mass is 10.1. The van der Waals surface area contributed by atoms with Gasteiger partial charge in [0, 0.05) is 10.7 Å². The summed E-state index contributed by atoms with van der Waals surface area (Å²) in [4.78, 5) is 12.1. The zero-order valence-corrected chi connectivity index (χ0v) is 14.5. The lowest BCUT2D eigenvalue weighted by Crippen LogP contribution is -2.34. The number of halogens is 1. The number of nitrogens with zero attached hydrogens (tertiary/aromatic N) is 1. The summed E-state index contributed by atoms with van der Waals surface area (Å²) in [6.45, 7) is 1.77. The molecule has 0 radical (unpaired) electrons. The van der Waals surface area contributed by atoms with Crippen LogP contribution in [0.25, 0.3) is 10.8 Å². The van der Waals surface area contributed by atoms with E-state index in [0.29, 0.717) is 5.02 Å². The third kappa shape index (κ3) is 4.58. The van der Waals surface area contributed by atoms with Crippen LogP contribution in [0.5, 0.6) is 0 Å². The Kier molecular flexibility index (Phi) is 5.31. The highest BCUT2D eigenvalue weighted by molar-refractivity contribution is 6.30. The van der Waals surface area contributed by atoms with Gasteiger partial charge in [-0.25, -0.2) is 5.43 Å². The Labute approximate surface area is 151 Å². The molecule has 0 aliphatic heterocycles. The maximum absolute atomic E-state index is 12.1. The van der Waals surface area contributed by atoms with E-state index >= 15 is 0 Å². The summed E-state index contributed by atoms with van der Waals surface area (Å²) in [7, 11) is 0. The van der Waals surface area contributed by atoms with Gasteiger partial charge in [0.15, 0.2) is 0 Å². The monoisotopic (exact) mass is 351 g/mol. The van der Waals surface area contributed by atoms with E-state index in [4.69, 9.17) is 11.6 Å². The summed E-state index contributed by atoms with van der Waals surface area (Å²) >= 11 is 5.85. The number of carbonyl (C=O) groups excluding carboxylic acids is 1. The zero-order chi connectivity index (χ0) is 17.6. The second kappa shape index (κ2) is 7.81. The predicted molar refractivity (Wildman–Crippen MR) is 104 cm³/mol. The van der Waals surface area contributed by atoms with Crippen molar-refractivity contribution >= 4 is 40.2 Å². The summed E-state index contributed by atoms with van der Waals surface area (Å²) in [6.07, 6.45) is 1.64. The van der Waals surface area contributed by atoms with Crippen LogP contribution >= 0.6 is 11.6 Å². The van der Waals surface area contributed by atoms with Gasteiger partial charge < -0.3 is 5.32 Å². The highest BCUT2D eigenvalue weighted by atomic mass is 35.5. The van der Waals surface area contributed by atoms with Crippen molar-refractivity contribution in [2.75, 3.05) is 5.32 Å². The molecule has 0 aromatic heterocycles. The Morgan fingerprint density at radius 2 is 1.76 bits per heavy atom. The van der Waals surface area contributed by atoms with Crippen molar-refractivity contribution in [1.82, 2.24) is 5.43 Å². The van der Waals surface area contributed by atoms with Crippen molar-refractivity contribution in [3.8, 4) is 0 Å². The van der Waals surface area contributed by atoms with E-state index in [9.17, 15) is 4.79 Å². The fourth-order valence-electron chi connectivity index (χ4n) is 2.42. The Balaban J connectivity index is 1.58. The number of amides is 1. The maximum Gasteiger partial charge on any atom is 0.262 e. The van der Waals surface area contributed by atoms with Crippen molar-refractivity contribution in [3.05, 3.63) is 77.3 Å². The first kappa shape index (κ1) is 17.0. The molecule has 1 atom stereocenters. The van der Waals surface area contributed by atoms with Gasteiger partial charge in [-0.05, 0) is 53.6 Å². The molecule has 0 spiro atoms. The molecule has 0 aliphatic rings. The van der Waals surface area contributed by atoms with Crippen LogP contribution in [0.15, 0.2) is 71.8 Å². The minimum Gasteiger partial charge on any atom is -0.374 e. The minimum absolute atomic E-state index is 0.216. The number of benzene rings is 3. The summed E-state index contributed by atoms with van der Waals surface area (Å²) in [5.74, 6) is -0.216. The molecule has 0 heterocycles. The standard InChI is InChI=1S/C20H18ClN3O/c1-14(23-19-10-8-18(21)9-11-19)20(25)24-22-13-15-6-7-16-4-2-3-5-17(16)12-15/h2-14,23H,1H3,(H,24,25). The summed E-state index contributed by atoms with van der Waals surface area (Å²) < 4.78 is 0. The maximum atomic E-state index is 12.1. The van der Waals surface area contributed by atoms with Gasteiger partial charge in [-0.1, -0.05) is 48.0 Å². The highest BCUT2D eigenvalue weighted by Gasteiger charge is 2.11. The fourth-order valence-corrected chi connectivity index (χ4v) is 2.54. The number of anilines is 1. The number of carbonyl (C=O) groups is 1. The smallest absolute Gasteiger partial charge is 0.262 e. The lowest BCUT2D eigenvalue weighted by molar-refractivity contribution is -0.121. The molecule has 3 aromatic carbocycles. The molecule has 0 saturated carbocycles. The van der Waals surface area contributed by atoms with Crippen LogP contribution in [0.4, 0.5) is 5.69 Å². The normalized spacial score (nSPS) is 12.2. The first-order valence-corrected chi connectivity index (χ1v) is 8.33. The van der Waals surface area contributed by atoms with Crippen LogP contribution in [0.1, 0.15) is 12.5 Å². The van der Waals surface area contributed by atoms with E-state index in [1.165, 1.54) is 5.39 Å². The molecular formula is C20H18ClN3O. The summed E-state index contributed by atoms with van der Waals surface area (Å²) in [5, 5.41) is 10.1. The van der Waals surface area contributed by atoms with Gasteiger partial charge in [-0.15, -0.1) is 0 Å². The van der Waals surface area contributed by atoms with Gasteiger partial charge in [0.25, 0.3) is 5.91 Å². The summed E-state index contributed by atoms with van der Waals surface area (Å²) in [6, 6.07) is 20.9. The fraction of sp³-hybridized carbons (Fsp3) is 0.100. The molecular weight excluding hydrogens is 334 g/mol. The largest absolute Gasteiger partial charge is 0.374 e. The van der Waals surface area contributed by atoms with E-state index in [1.807, 2.05) is 48.5 Å². The molecule has 0 bridgehead atoms. The molecule has 3 aromatic rings. The second-order valence-electron chi connectivity index (χ2n) is 5.71. The third-order valence-corrected chi connectivity index (χ3v) is 4.03. The van der Waals surface area contributed by atoms with Gasteiger partial charge in [-0.3, -0.25) is 4.79 Å². The Bertz CT molecular complexity index is 906. The van der Waals surface area contributed by atoms with Crippen molar-refractivity contribution in [3.63, 3.8) is 0 Å². The van der Waals surface area contributed by atoms with E-state index in [1.54, 1.807) is 25.3 Å². The zero-order valence-electron chi connectivity index (χ0n) is 13.7. The van der Waals surface area contributed by atoms with Crippen molar-refractivity contribution in [1.29, 1.82) is 0 Å².